The van der Waals surface area contributed by atoms with Gasteiger partial charge in [-0.3, -0.25) is 9.59 Å². The highest BCUT2D eigenvalue weighted by Crippen LogP contribution is 2.41. The van der Waals surface area contributed by atoms with E-state index in [1.165, 1.54) is 19.2 Å². The molecule has 2 aromatic carbocycles. The van der Waals surface area contributed by atoms with Crippen LogP contribution in [0.15, 0.2) is 30.3 Å². The Bertz CT molecular complexity index is 1160. The van der Waals surface area contributed by atoms with Crippen LogP contribution in [0.1, 0.15) is 55.5 Å². The molecule has 38 heavy (non-hydrogen) atoms. The Morgan fingerprint density at radius 1 is 0.974 bits per heavy atom. The van der Waals surface area contributed by atoms with E-state index in [0.717, 1.165) is 19.3 Å². The summed E-state index contributed by atoms with van der Waals surface area (Å²) >= 11 is 13.0. The Morgan fingerprint density at radius 2 is 1.61 bits per heavy atom. The molecule has 1 heterocycles. The van der Waals surface area contributed by atoms with Gasteiger partial charge >= 0.3 is 11.9 Å². The highest BCUT2D eigenvalue weighted by atomic mass is 35.5. The van der Waals surface area contributed by atoms with Crippen LogP contribution in [0.5, 0.6) is 17.2 Å². The van der Waals surface area contributed by atoms with Gasteiger partial charge in [0.25, 0.3) is 5.91 Å². The highest BCUT2D eigenvalue weighted by molar-refractivity contribution is 6.37. The maximum absolute atomic E-state index is 13.2. The van der Waals surface area contributed by atoms with Gasteiger partial charge in [0.2, 0.25) is 0 Å². The number of hydrogen-bond acceptors (Lipinski definition) is 8. The van der Waals surface area contributed by atoms with Crippen molar-refractivity contribution in [3.05, 3.63) is 51.5 Å². The third-order valence-corrected chi connectivity index (χ3v) is 6.71. The van der Waals surface area contributed by atoms with Crippen molar-refractivity contribution < 1.29 is 33.3 Å². The standard InChI is InChI=1S/C27H32Cl2N2O7/c1-4-36-23(32)16-27(30,26(34)37-5-2)17-13-20(28)24(21(29)14-17)38-18-9-10-22(35-3)19(15-18)25(33)31-11-7-6-8-12-31/h9-10,13-15H,4-8,11-12,16,30H2,1-3H3. The molecule has 11 heteroatoms. The summed E-state index contributed by atoms with van der Waals surface area (Å²) in [5.74, 6) is -0.855. The lowest BCUT2D eigenvalue weighted by atomic mass is 9.87. The highest BCUT2D eigenvalue weighted by Gasteiger charge is 2.41. The number of nitrogens with two attached hydrogens (primary N) is 1. The lowest BCUT2D eigenvalue weighted by Crippen LogP contribution is -2.48. The summed E-state index contributed by atoms with van der Waals surface area (Å²) in [5, 5.41) is 0.0745. The smallest absolute Gasteiger partial charge is 0.331 e. The maximum Gasteiger partial charge on any atom is 0.331 e. The Balaban J connectivity index is 1.94. The first-order chi connectivity index (χ1) is 18.1. The topological polar surface area (TPSA) is 117 Å². The van der Waals surface area contributed by atoms with Crippen LogP contribution in [0.3, 0.4) is 0 Å². The molecule has 2 aromatic rings. The van der Waals surface area contributed by atoms with Gasteiger partial charge in [-0.05, 0) is 69.0 Å². The van der Waals surface area contributed by atoms with Crippen molar-refractivity contribution in [3.63, 3.8) is 0 Å². The molecule has 1 aliphatic heterocycles. The van der Waals surface area contributed by atoms with Gasteiger partial charge in [0.05, 0.1) is 42.4 Å². The quantitative estimate of drug-likeness (QED) is 0.395. The number of carbonyl (C=O) groups is 3. The summed E-state index contributed by atoms with van der Waals surface area (Å²) in [6.45, 7) is 4.80. The first kappa shape index (κ1) is 29.5. The molecule has 1 aliphatic rings. The summed E-state index contributed by atoms with van der Waals surface area (Å²) in [6.07, 6.45) is 2.52. The summed E-state index contributed by atoms with van der Waals surface area (Å²) < 4.78 is 21.5. The molecule has 3 rings (SSSR count). The zero-order valence-corrected chi connectivity index (χ0v) is 23.2. The van der Waals surface area contributed by atoms with Crippen molar-refractivity contribution >= 4 is 41.0 Å². The normalized spacial score (nSPS) is 14.8. The molecule has 1 amide bonds. The molecule has 0 spiro atoms. The minimum absolute atomic E-state index is 0.0372. The number of methoxy groups -OCH3 is 1. The number of amides is 1. The van der Waals surface area contributed by atoms with Gasteiger partial charge in [-0.1, -0.05) is 23.2 Å². The molecule has 2 N–H and O–H groups in total. The molecular weight excluding hydrogens is 535 g/mol. The lowest BCUT2D eigenvalue weighted by molar-refractivity contribution is -0.156. The Hall–Kier alpha value is -3.01. The number of likely N-dealkylation sites (tertiary alicyclic amines) is 1. The van der Waals surface area contributed by atoms with E-state index < -0.39 is 23.9 Å². The van der Waals surface area contributed by atoms with Gasteiger partial charge in [0.15, 0.2) is 11.3 Å². The zero-order valence-electron chi connectivity index (χ0n) is 21.7. The van der Waals surface area contributed by atoms with E-state index in [1.807, 2.05) is 0 Å². The van der Waals surface area contributed by atoms with Gasteiger partial charge in [-0.25, -0.2) is 4.79 Å². The number of esters is 2. The molecule has 0 radical (unpaired) electrons. The number of piperidine rings is 1. The van der Waals surface area contributed by atoms with E-state index in [-0.39, 0.29) is 40.5 Å². The number of hydrogen-bond donors (Lipinski definition) is 1. The molecule has 1 unspecified atom stereocenters. The van der Waals surface area contributed by atoms with E-state index >= 15 is 0 Å². The van der Waals surface area contributed by atoms with Crippen LogP contribution in [-0.2, 0) is 24.6 Å². The fourth-order valence-electron chi connectivity index (χ4n) is 4.21. The number of ether oxygens (including phenoxy) is 4. The summed E-state index contributed by atoms with van der Waals surface area (Å²) in [4.78, 5) is 40.0. The lowest BCUT2D eigenvalue weighted by Gasteiger charge is -2.28. The summed E-state index contributed by atoms with van der Waals surface area (Å²) in [5.41, 5.74) is 5.01. The third-order valence-electron chi connectivity index (χ3n) is 6.15. The minimum Gasteiger partial charge on any atom is -0.496 e. The largest absolute Gasteiger partial charge is 0.496 e. The van der Waals surface area contributed by atoms with Crippen LogP contribution < -0.4 is 15.2 Å². The molecule has 1 fully saturated rings. The van der Waals surface area contributed by atoms with E-state index in [0.29, 0.717) is 30.2 Å². The van der Waals surface area contributed by atoms with Crippen molar-refractivity contribution in [2.24, 2.45) is 5.73 Å². The number of rotatable bonds is 10. The van der Waals surface area contributed by atoms with Crippen LogP contribution >= 0.6 is 23.2 Å². The van der Waals surface area contributed by atoms with Crippen molar-refractivity contribution in [1.82, 2.24) is 4.90 Å². The predicted octanol–water partition coefficient (Wildman–Crippen LogP) is 5.09. The third kappa shape index (κ3) is 6.70. The number of carbonyl (C=O) groups excluding carboxylic acids is 3. The van der Waals surface area contributed by atoms with Gasteiger partial charge in [0.1, 0.15) is 11.5 Å². The first-order valence-electron chi connectivity index (χ1n) is 12.4. The Kier molecular flexibility index (Phi) is 10.2. The molecule has 0 aliphatic carbocycles. The molecule has 1 atom stereocenters. The fraction of sp³-hybridized carbons (Fsp3) is 0.444. The Labute approximate surface area is 232 Å². The van der Waals surface area contributed by atoms with Crippen LogP contribution in [-0.4, -0.2) is 56.2 Å². The second kappa shape index (κ2) is 13.2. The van der Waals surface area contributed by atoms with Crippen molar-refractivity contribution in [2.75, 3.05) is 33.4 Å². The maximum atomic E-state index is 13.2. The van der Waals surface area contributed by atoms with E-state index in [2.05, 4.69) is 0 Å². The van der Waals surface area contributed by atoms with Crippen molar-refractivity contribution in [1.29, 1.82) is 0 Å². The zero-order chi connectivity index (χ0) is 27.9. The van der Waals surface area contributed by atoms with Crippen molar-refractivity contribution in [3.8, 4) is 17.2 Å². The van der Waals surface area contributed by atoms with Gasteiger partial charge in [0, 0.05) is 13.1 Å². The SMILES string of the molecule is CCOC(=O)CC(N)(C(=O)OCC)c1cc(Cl)c(Oc2ccc(OC)c(C(=O)N3CCCCC3)c2)c(Cl)c1. The van der Waals surface area contributed by atoms with Gasteiger partial charge in [-0.15, -0.1) is 0 Å². The second-order valence-corrected chi connectivity index (χ2v) is 9.57. The van der Waals surface area contributed by atoms with Crippen LogP contribution in [0.25, 0.3) is 0 Å². The van der Waals surface area contributed by atoms with Crippen LogP contribution in [0.2, 0.25) is 10.0 Å². The second-order valence-electron chi connectivity index (χ2n) is 8.76. The average molecular weight is 567 g/mol. The van der Waals surface area contributed by atoms with Gasteiger partial charge in [-0.2, -0.15) is 0 Å². The number of benzene rings is 2. The monoisotopic (exact) mass is 566 g/mol. The summed E-state index contributed by atoms with van der Waals surface area (Å²) in [7, 11) is 1.49. The molecule has 1 saturated heterocycles. The van der Waals surface area contributed by atoms with Crippen molar-refractivity contribution in [2.45, 2.75) is 45.1 Å². The van der Waals surface area contributed by atoms with Gasteiger partial charge < -0.3 is 29.6 Å². The molecule has 0 aromatic heterocycles. The van der Waals surface area contributed by atoms with E-state index in [1.54, 1.807) is 36.9 Å². The first-order valence-corrected chi connectivity index (χ1v) is 13.2. The molecule has 0 saturated carbocycles. The summed E-state index contributed by atoms with van der Waals surface area (Å²) in [6, 6.07) is 7.61. The fourth-order valence-corrected chi connectivity index (χ4v) is 4.77. The van der Waals surface area contributed by atoms with Crippen LogP contribution in [0, 0.1) is 0 Å². The molecular formula is C27H32Cl2N2O7. The predicted molar refractivity (Wildman–Crippen MR) is 143 cm³/mol. The number of halogens is 2. The number of nitrogens with zero attached hydrogens (tertiary/aromatic N) is 1. The van der Waals surface area contributed by atoms with Crippen LogP contribution in [0.4, 0.5) is 0 Å². The Morgan fingerprint density at radius 3 is 2.18 bits per heavy atom. The molecule has 206 valence electrons. The van der Waals surface area contributed by atoms with E-state index in [4.69, 9.17) is 47.9 Å². The minimum atomic E-state index is -1.89. The molecule has 9 nitrogen and oxygen atoms in total. The molecule has 0 bridgehead atoms. The van der Waals surface area contributed by atoms with E-state index in [9.17, 15) is 14.4 Å². The average Bonchev–Trinajstić information content (AvgIpc) is 2.90.